The lowest BCUT2D eigenvalue weighted by Gasteiger charge is -2.13. The molecule has 61 heavy (non-hydrogen) atoms. The SMILES string of the molecule is C#C[C@]1(O)CCN(C)C1=O.COc1cc2c(C(N)=O)nn(-c3cccc(Br)c3)c2nn1.COc1cc2c(C(N)=O)nn(-c3cccc(C#C[C@]4(O)CCN(C)C4=O)c3)c2nn1. The van der Waals surface area contributed by atoms with Crippen LogP contribution in [0.4, 0.5) is 0 Å². The Labute approximate surface area is 355 Å². The lowest BCUT2D eigenvalue weighted by Crippen LogP contribution is -2.37. The number of aromatic nitrogens is 8. The van der Waals surface area contributed by atoms with Gasteiger partial charge in [-0.15, -0.1) is 26.8 Å². The second-order valence-electron chi connectivity index (χ2n) is 13.6. The molecule has 0 spiro atoms. The predicted molar refractivity (Wildman–Crippen MR) is 221 cm³/mol. The van der Waals surface area contributed by atoms with Gasteiger partial charge in [0, 0.05) is 62.2 Å². The maximum Gasteiger partial charge on any atom is 0.269 e. The number of ether oxygens (including phenoxy) is 2. The molecule has 2 fully saturated rings. The normalized spacial score (nSPS) is 18.1. The number of carbonyl (C=O) groups excluding carboxylic acids is 4. The number of methoxy groups -OCH3 is 2. The molecule has 20 nitrogen and oxygen atoms in total. The summed E-state index contributed by atoms with van der Waals surface area (Å²) in [5.41, 5.74) is 10.4. The van der Waals surface area contributed by atoms with E-state index in [1.54, 1.807) is 44.4 Å². The Balaban J connectivity index is 0.000000173. The van der Waals surface area contributed by atoms with Crippen molar-refractivity contribution in [3.8, 4) is 47.3 Å². The van der Waals surface area contributed by atoms with E-state index < -0.39 is 28.9 Å². The Morgan fingerprint density at radius 2 is 1.23 bits per heavy atom. The van der Waals surface area contributed by atoms with Gasteiger partial charge < -0.3 is 41.0 Å². The van der Waals surface area contributed by atoms with Crippen molar-refractivity contribution in [2.45, 2.75) is 24.0 Å². The molecule has 0 unspecified atom stereocenters. The third-order valence-electron chi connectivity index (χ3n) is 9.52. The molecule has 2 aliphatic heterocycles. The molecule has 6 heterocycles. The van der Waals surface area contributed by atoms with Crippen LogP contribution in [0.15, 0.2) is 65.1 Å². The molecule has 2 atom stereocenters. The number of primary amides is 2. The van der Waals surface area contributed by atoms with E-state index in [9.17, 15) is 29.4 Å². The standard InChI is InChI=1S/C20H18N6O4.C13H10BrN5O2.C7H9NO2/c1-25-9-8-20(29,19(25)28)7-6-12-4-3-5-13(10-12)26-18-14(16(24-26)17(21)27)11-15(30-2)22-23-18;1-21-10-6-9-11(12(15)20)18-19(13(9)17-16-10)8-4-2-3-7(14)5-8;1-3-7(10)4-5-8(2)6(7)9/h3-5,10-11,29H,8-9H2,1-2H3,(H2,21,27);2-6H,1H3,(H2,15,20);1,10H,4-5H2,2H3/t20-;;7-/m0.0/s1. The van der Waals surface area contributed by atoms with Crippen LogP contribution < -0.4 is 20.9 Å². The van der Waals surface area contributed by atoms with E-state index in [4.69, 9.17) is 27.4 Å². The minimum absolute atomic E-state index is 0.0311. The number of carbonyl (C=O) groups is 4. The van der Waals surface area contributed by atoms with Crippen molar-refractivity contribution in [2.75, 3.05) is 41.4 Å². The third kappa shape index (κ3) is 8.79. The number of likely N-dealkylation sites (tertiary alicyclic amines) is 2. The van der Waals surface area contributed by atoms with Gasteiger partial charge in [0.25, 0.3) is 23.6 Å². The van der Waals surface area contributed by atoms with Crippen molar-refractivity contribution in [1.82, 2.24) is 49.8 Å². The summed E-state index contributed by atoms with van der Waals surface area (Å²) in [5.74, 6) is 5.99. The van der Waals surface area contributed by atoms with Gasteiger partial charge in [0.1, 0.15) is 0 Å². The van der Waals surface area contributed by atoms with Gasteiger partial charge in [0.15, 0.2) is 22.7 Å². The van der Waals surface area contributed by atoms with Crippen molar-refractivity contribution >= 4 is 61.6 Å². The molecule has 6 N–H and O–H groups in total. The number of hydrogen-bond donors (Lipinski definition) is 4. The minimum atomic E-state index is -1.69. The highest BCUT2D eigenvalue weighted by Gasteiger charge is 2.43. The maximum absolute atomic E-state index is 12.1. The topological polar surface area (TPSA) is 273 Å². The first-order valence-electron chi connectivity index (χ1n) is 18.1. The molecule has 0 saturated carbocycles. The largest absolute Gasteiger partial charge is 0.480 e. The number of aliphatic hydroxyl groups is 2. The van der Waals surface area contributed by atoms with Crippen LogP contribution in [-0.4, -0.2) is 136 Å². The zero-order valence-corrected chi connectivity index (χ0v) is 34.6. The predicted octanol–water partition coefficient (Wildman–Crippen LogP) is 0.766. The molecule has 2 aromatic carbocycles. The molecule has 4 amide bonds. The van der Waals surface area contributed by atoms with Crippen LogP contribution in [0.5, 0.6) is 11.8 Å². The maximum atomic E-state index is 12.1. The summed E-state index contributed by atoms with van der Waals surface area (Å²) >= 11 is 3.39. The van der Waals surface area contributed by atoms with E-state index in [-0.39, 0.29) is 29.6 Å². The van der Waals surface area contributed by atoms with E-state index >= 15 is 0 Å². The second-order valence-corrected chi connectivity index (χ2v) is 14.5. The first kappa shape index (κ1) is 43.1. The molecule has 2 aliphatic rings. The zero-order valence-electron chi connectivity index (χ0n) is 33.0. The second kappa shape index (κ2) is 17.4. The summed E-state index contributed by atoms with van der Waals surface area (Å²) in [6.07, 6.45) is 5.57. The number of nitrogens with two attached hydrogens (primary N) is 2. The van der Waals surface area contributed by atoms with E-state index in [0.29, 0.717) is 58.7 Å². The summed E-state index contributed by atoms with van der Waals surface area (Å²) in [7, 11) is 6.15. The monoisotopic (exact) mass is 892 g/mol. The average Bonchev–Trinajstić information content (AvgIpc) is 3.99. The molecule has 2 saturated heterocycles. The molecule has 312 valence electrons. The number of hydrogen-bond acceptors (Lipinski definition) is 14. The van der Waals surface area contributed by atoms with Crippen molar-refractivity contribution in [3.05, 3.63) is 82.1 Å². The highest BCUT2D eigenvalue weighted by Crippen LogP contribution is 2.26. The molecule has 0 aliphatic carbocycles. The Hall–Kier alpha value is -7.46. The number of benzene rings is 2. The van der Waals surface area contributed by atoms with E-state index in [1.807, 2.05) is 24.3 Å². The molecule has 8 rings (SSSR count). The average molecular weight is 894 g/mol. The molecule has 0 radical (unpaired) electrons. The lowest BCUT2D eigenvalue weighted by atomic mass is 10.0. The smallest absolute Gasteiger partial charge is 0.269 e. The van der Waals surface area contributed by atoms with Crippen LogP contribution in [0.3, 0.4) is 0 Å². The van der Waals surface area contributed by atoms with Gasteiger partial charge in [-0.1, -0.05) is 45.8 Å². The number of nitrogens with zero attached hydrogens (tertiary/aromatic N) is 10. The fourth-order valence-electron chi connectivity index (χ4n) is 6.18. The number of amides is 4. The summed E-state index contributed by atoms with van der Waals surface area (Å²) < 4.78 is 13.9. The van der Waals surface area contributed by atoms with Gasteiger partial charge in [-0.3, -0.25) is 19.2 Å². The number of terminal acetylenes is 1. The Morgan fingerprint density at radius 1 is 0.754 bits per heavy atom. The number of rotatable bonds is 6. The summed E-state index contributed by atoms with van der Waals surface area (Å²) in [6, 6.07) is 17.5. The van der Waals surface area contributed by atoms with Crippen molar-refractivity contribution in [3.63, 3.8) is 0 Å². The van der Waals surface area contributed by atoms with Gasteiger partial charge in [-0.2, -0.15) is 10.2 Å². The highest BCUT2D eigenvalue weighted by atomic mass is 79.9. The van der Waals surface area contributed by atoms with Crippen LogP contribution in [0.1, 0.15) is 39.4 Å². The molecular formula is C40H37BrN12O8. The van der Waals surface area contributed by atoms with Gasteiger partial charge >= 0.3 is 0 Å². The molecule has 0 bridgehead atoms. The molecule has 6 aromatic rings. The van der Waals surface area contributed by atoms with Crippen LogP contribution >= 0.6 is 15.9 Å². The van der Waals surface area contributed by atoms with Gasteiger partial charge in [0.05, 0.1) is 36.4 Å². The zero-order chi connectivity index (χ0) is 44.2. The number of likely N-dealkylation sites (N-methyl/N-ethyl adjacent to an activating group) is 2. The van der Waals surface area contributed by atoms with E-state index in [1.165, 1.54) is 39.4 Å². The summed E-state index contributed by atoms with van der Waals surface area (Å²) in [4.78, 5) is 49.4. The Kier molecular flexibility index (Phi) is 12.3. The first-order chi connectivity index (χ1) is 29.0. The Bertz CT molecular complexity index is 2830. The van der Waals surface area contributed by atoms with E-state index in [2.05, 4.69) is 64.3 Å². The summed E-state index contributed by atoms with van der Waals surface area (Å²) in [6.45, 7) is 0.987. The molecule has 4 aromatic heterocycles. The fraction of sp³-hybridized carbons (Fsp3) is 0.250. The summed E-state index contributed by atoms with van der Waals surface area (Å²) in [5, 5.41) is 45.2. The van der Waals surface area contributed by atoms with Crippen molar-refractivity contribution < 1.29 is 38.9 Å². The minimum Gasteiger partial charge on any atom is -0.480 e. The van der Waals surface area contributed by atoms with Crippen LogP contribution in [0, 0.1) is 24.2 Å². The fourth-order valence-corrected chi connectivity index (χ4v) is 6.57. The van der Waals surface area contributed by atoms with Crippen LogP contribution in [0.2, 0.25) is 0 Å². The Morgan fingerprint density at radius 3 is 1.64 bits per heavy atom. The molecule has 21 heteroatoms. The lowest BCUT2D eigenvalue weighted by molar-refractivity contribution is -0.138. The van der Waals surface area contributed by atoms with Crippen molar-refractivity contribution in [1.29, 1.82) is 0 Å². The highest BCUT2D eigenvalue weighted by molar-refractivity contribution is 9.10. The van der Waals surface area contributed by atoms with Crippen LogP contribution in [0.25, 0.3) is 33.4 Å². The molecular weight excluding hydrogens is 856 g/mol. The van der Waals surface area contributed by atoms with Gasteiger partial charge in [-0.25, -0.2) is 9.36 Å². The van der Waals surface area contributed by atoms with E-state index in [0.717, 1.165) is 10.2 Å². The first-order valence-corrected chi connectivity index (χ1v) is 18.9. The third-order valence-corrected chi connectivity index (χ3v) is 10.0. The van der Waals surface area contributed by atoms with Gasteiger partial charge in [0.2, 0.25) is 23.0 Å². The van der Waals surface area contributed by atoms with Crippen molar-refractivity contribution in [2.24, 2.45) is 11.5 Å². The van der Waals surface area contributed by atoms with Crippen LogP contribution in [-0.2, 0) is 9.59 Å². The number of fused-ring (bicyclic) bond motifs is 2. The number of halogens is 1. The van der Waals surface area contributed by atoms with Gasteiger partial charge in [-0.05, 0) is 36.4 Å². The quantitative estimate of drug-likeness (QED) is 0.168.